The van der Waals surface area contributed by atoms with Crippen molar-refractivity contribution >= 4 is 27.7 Å². The van der Waals surface area contributed by atoms with E-state index >= 15 is 0 Å². The molecule has 1 aliphatic heterocycles. The highest BCUT2D eigenvalue weighted by Crippen LogP contribution is 2.19. The van der Waals surface area contributed by atoms with Gasteiger partial charge in [-0.2, -0.15) is 4.98 Å². The number of nitrogens with zero attached hydrogens (tertiary/aromatic N) is 3. The first kappa shape index (κ1) is 14.5. The third-order valence-electron chi connectivity index (χ3n) is 3.25. The molecule has 0 amide bonds. The summed E-state index contributed by atoms with van der Waals surface area (Å²) in [5.41, 5.74) is 0. The Morgan fingerprint density at radius 2 is 2.05 bits per heavy atom. The SMILES string of the molecule is CCNc1ncc(Br)c(NCCN2CCCCC2)n1. The van der Waals surface area contributed by atoms with Gasteiger partial charge in [0, 0.05) is 25.8 Å². The van der Waals surface area contributed by atoms with Gasteiger partial charge in [-0.1, -0.05) is 6.42 Å². The summed E-state index contributed by atoms with van der Waals surface area (Å²) in [4.78, 5) is 11.2. The van der Waals surface area contributed by atoms with Crippen molar-refractivity contribution in [3.63, 3.8) is 0 Å². The molecule has 0 spiro atoms. The fourth-order valence-electron chi connectivity index (χ4n) is 2.25. The van der Waals surface area contributed by atoms with Crippen molar-refractivity contribution < 1.29 is 0 Å². The van der Waals surface area contributed by atoms with Crippen LogP contribution in [0.25, 0.3) is 0 Å². The van der Waals surface area contributed by atoms with E-state index in [0.29, 0.717) is 5.95 Å². The van der Waals surface area contributed by atoms with Crippen LogP contribution in [0.4, 0.5) is 11.8 Å². The van der Waals surface area contributed by atoms with Crippen LogP contribution in [0.1, 0.15) is 26.2 Å². The number of aromatic nitrogens is 2. The molecule has 2 heterocycles. The van der Waals surface area contributed by atoms with Crippen LogP contribution in [0.3, 0.4) is 0 Å². The van der Waals surface area contributed by atoms with Gasteiger partial charge in [-0.05, 0) is 48.8 Å². The maximum Gasteiger partial charge on any atom is 0.224 e. The first-order chi connectivity index (χ1) is 9.29. The third kappa shape index (κ3) is 4.62. The van der Waals surface area contributed by atoms with E-state index < -0.39 is 0 Å². The molecular weight excluding hydrogens is 306 g/mol. The molecule has 19 heavy (non-hydrogen) atoms. The van der Waals surface area contributed by atoms with Crippen LogP contribution < -0.4 is 10.6 Å². The Labute approximate surface area is 123 Å². The average molecular weight is 328 g/mol. The fourth-order valence-corrected chi connectivity index (χ4v) is 2.58. The summed E-state index contributed by atoms with van der Waals surface area (Å²) in [5, 5.41) is 6.50. The largest absolute Gasteiger partial charge is 0.368 e. The monoisotopic (exact) mass is 327 g/mol. The highest BCUT2D eigenvalue weighted by molar-refractivity contribution is 9.10. The van der Waals surface area contributed by atoms with E-state index in [9.17, 15) is 0 Å². The molecule has 6 heteroatoms. The van der Waals surface area contributed by atoms with Crippen LogP contribution in [0.5, 0.6) is 0 Å². The minimum atomic E-state index is 0.672. The van der Waals surface area contributed by atoms with Crippen LogP contribution in [0.2, 0.25) is 0 Å². The number of hydrogen-bond donors (Lipinski definition) is 2. The van der Waals surface area contributed by atoms with Gasteiger partial charge in [-0.3, -0.25) is 0 Å². The predicted molar refractivity (Wildman–Crippen MR) is 82.7 cm³/mol. The quantitative estimate of drug-likeness (QED) is 0.841. The van der Waals surface area contributed by atoms with Gasteiger partial charge in [0.1, 0.15) is 5.82 Å². The number of nitrogens with one attached hydrogen (secondary N) is 2. The maximum absolute atomic E-state index is 4.45. The van der Waals surface area contributed by atoms with Crippen molar-refractivity contribution in [2.45, 2.75) is 26.2 Å². The van der Waals surface area contributed by atoms with Crippen molar-refractivity contribution in [3.05, 3.63) is 10.7 Å². The van der Waals surface area contributed by atoms with Crippen LogP contribution in [0.15, 0.2) is 10.7 Å². The number of likely N-dealkylation sites (tertiary alicyclic amines) is 1. The molecule has 2 N–H and O–H groups in total. The Kier molecular flexibility index (Phi) is 5.85. The molecule has 106 valence electrons. The Morgan fingerprint density at radius 1 is 1.26 bits per heavy atom. The van der Waals surface area contributed by atoms with Gasteiger partial charge in [-0.25, -0.2) is 4.98 Å². The van der Waals surface area contributed by atoms with E-state index in [-0.39, 0.29) is 0 Å². The molecule has 0 radical (unpaired) electrons. The molecule has 2 rings (SSSR count). The summed E-state index contributed by atoms with van der Waals surface area (Å²) in [6, 6.07) is 0. The summed E-state index contributed by atoms with van der Waals surface area (Å²) in [6.45, 7) is 7.32. The first-order valence-corrected chi connectivity index (χ1v) is 7.81. The van der Waals surface area contributed by atoms with Gasteiger partial charge in [0.05, 0.1) is 4.47 Å². The van der Waals surface area contributed by atoms with E-state index in [1.54, 1.807) is 6.20 Å². The number of rotatable bonds is 6. The van der Waals surface area contributed by atoms with Crippen LogP contribution in [-0.4, -0.2) is 47.6 Å². The standard InChI is InChI=1S/C13H22BrN5/c1-2-15-13-17-10-11(14)12(18-13)16-6-9-19-7-4-3-5-8-19/h10H,2-9H2,1H3,(H2,15,16,17,18). The summed E-state index contributed by atoms with van der Waals surface area (Å²) in [6.07, 6.45) is 5.84. The molecule has 1 aromatic heterocycles. The van der Waals surface area contributed by atoms with E-state index in [4.69, 9.17) is 0 Å². The second-order valence-corrected chi connectivity index (χ2v) is 5.60. The molecule has 1 aliphatic rings. The minimum absolute atomic E-state index is 0.672. The minimum Gasteiger partial charge on any atom is -0.368 e. The molecule has 0 bridgehead atoms. The zero-order valence-corrected chi connectivity index (χ0v) is 13.0. The molecule has 0 aromatic carbocycles. The van der Waals surface area contributed by atoms with Gasteiger partial charge < -0.3 is 15.5 Å². The van der Waals surface area contributed by atoms with Crippen LogP contribution >= 0.6 is 15.9 Å². The number of piperidine rings is 1. The Bertz CT molecular complexity index is 393. The average Bonchev–Trinajstić information content (AvgIpc) is 2.44. The maximum atomic E-state index is 4.45. The lowest BCUT2D eigenvalue weighted by atomic mass is 10.1. The van der Waals surface area contributed by atoms with Crippen LogP contribution in [-0.2, 0) is 0 Å². The number of anilines is 2. The van der Waals surface area contributed by atoms with Crippen molar-refractivity contribution in [2.75, 3.05) is 43.4 Å². The number of hydrogen-bond acceptors (Lipinski definition) is 5. The zero-order valence-electron chi connectivity index (χ0n) is 11.5. The van der Waals surface area contributed by atoms with E-state index in [2.05, 4.69) is 41.4 Å². The summed E-state index contributed by atoms with van der Waals surface area (Å²) in [7, 11) is 0. The van der Waals surface area contributed by atoms with Gasteiger partial charge in [0.25, 0.3) is 0 Å². The first-order valence-electron chi connectivity index (χ1n) is 7.02. The van der Waals surface area contributed by atoms with Crippen molar-refractivity contribution in [1.82, 2.24) is 14.9 Å². The summed E-state index contributed by atoms with van der Waals surface area (Å²) < 4.78 is 0.910. The third-order valence-corrected chi connectivity index (χ3v) is 3.83. The summed E-state index contributed by atoms with van der Waals surface area (Å²) in [5.74, 6) is 1.54. The molecule has 0 atom stereocenters. The molecule has 0 unspecified atom stereocenters. The van der Waals surface area contributed by atoms with Crippen LogP contribution in [0, 0.1) is 0 Å². The lowest BCUT2D eigenvalue weighted by Crippen LogP contribution is -2.33. The van der Waals surface area contributed by atoms with Gasteiger partial charge >= 0.3 is 0 Å². The molecule has 0 saturated carbocycles. The van der Waals surface area contributed by atoms with E-state index in [0.717, 1.165) is 29.9 Å². The number of halogens is 1. The lowest BCUT2D eigenvalue weighted by molar-refractivity contribution is 0.237. The molecule has 1 aromatic rings. The molecule has 5 nitrogen and oxygen atoms in total. The Morgan fingerprint density at radius 3 is 2.79 bits per heavy atom. The lowest BCUT2D eigenvalue weighted by Gasteiger charge is -2.26. The highest BCUT2D eigenvalue weighted by Gasteiger charge is 2.10. The molecular formula is C13H22BrN5. The van der Waals surface area contributed by atoms with E-state index in [1.165, 1.54) is 32.4 Å². The van der Waals surface area contributed by atoms with Gasteiger partial charge in [-0.15, -0.1) is 0 Å². The molecule has 1 fully saturated rings. The smallest absolute Gasteiger partial charge is 0.224 e. The summed E-state index contributed by atoms with van der Waals surface area (Å²) >= 11 is 3.48. The second-order valence-electron chi connectivity index (χ2n) is 4.75. The second kappa shape index (κ2) is 7.65. The van der Waals surface area contributed by atoms with Gasteiger partial charge in [0.2, 0.25) is 5.95 Å². The van der Waals surface area contributed by atoms with Gasteiger partial charge in [0.15, 0.2) is 0 Å². The predicted octanol–water partition coefficient (Wildman–Crippen LogP) is 2.57. The fraction of sp³-hybridized carbons (Fsp3) is 0.692. The van der Waals surface area contributed by atoms with Crippen molar-refractivity contribution in [3.8, 4) is 0 Å². The molecule has 1 saturated heterocycles. The molecule has 0 aliphatic carbocycles. The Balaban J connectivity index is 1.82. The topological polar surface area (TPSA) is 53.1 Å². The van der Waals surface area contributed by atoms with E-state index in [1.807, 2.05) is 6.92 Å². The van der Waals surface area contributed by atoms with Crippen molar-refractivity contribution in [2.24, 2.45) is 0 Å². The van der Waals surface area contributed by atoms with Crippen molar-refractivity contribution in [1.29, 1.82) is 0 Å². The zero-order chi connectivity index (χ0) is 13.5. The normalized spacial score (nSPS) is 16.3. The Hall–Kier alpha value is -0.880. The highest BCUT2D eigenvalue weighted by atomic mass is 79.9.